The fourth-order valence-corrected chi connectivity index (χ4v) is 1.97. The lowest BCUT2D eigenvalue weighted by atomic mass is 9.87. The lowest BCUT2D eigenvalue weighted by molar-refractivity contribution is 0.590. The van der Waals surface area contributed by atoms with Gasteiger partial charge in [-0.25, -0.2) is 0 Å². The number of nitrogens with two attached hydrogens (primary N) is 1. The summed E-state index contributed by atoms with van der Waals surface area (Å²) in [5.41, 5.74) is 8.54. The summed E-state index contributed by atoms with van der Waals surface area (Å²) in [7, 11) is 0. The van der Waals surface area contributed by atoms with E-state index in [4.69, 9.17) is 5.73 Å². The van der Waals surface area contributed by atoms with Crippen LogP contribution in [-0.2, 0) is 5.41 Å². The Bertz CT molecular complexity index is 316. The highest BCUT2D eigenvalue weighted by atomic mass is 15.1. The van der Waals surface area contributed by atoms with Gasteiger partial charge in [-0.05, 0) is 29.5 Å². The van der Waals surface area contributed by atoms with Crippen LogP contribution in [-0.4, -0.2) is 19.6 Å². The van der Waals surface area contributed by atoms with Crippen LogP contribution in [0.25, 0.3) is 0 Å². The van der Waals surface area contributed by atoms with Crippen molar-refractivity contribution in [3.63, 3.8) is 0 Å². The number of rotatable bonds is 5. The van der Waals surface area contributed by atoms with Gasteiger partial charge in [-0.3, -0.25) is 0 Å². The quantitative estimate of drug-likeness (QED) is 0.848. The third-order valence-electron chi connectivity index (χ3n) is 2.99. The van der Waals surface area contributed by atoms with Gasteiger partial charge in [0, 0.05) is 25.3 Å². The van der Waals surface area contributed by atoms with Crippen molar-refractivity contribution >= 4 is 5.69 Å². The summed E-state index contributed by atoms with van der Waals surface area (Å²) in [5.74, 6) is 0. The van der Waals surface area contributed by atoms with Crippen LogP contribution in [0.15, 0.2) is 24.3 Å². The minimum absolute atomic E-state index is 0.224. The maximum atomic E-state index is 5.65. The largest absolute Gasteiger partial charge is 0.370 e. The Hall–Kier alpha value is -1.02. The van der Waals surface area contributed by atoms with Crippen molar-refractivity contribution in [2.45, 2.75) is 39.5 Å². The predicted octanol–water partition coefficient (Wildman–Crippen LogP) is 3.16. The summed E-state index contributed by atoms with van der Waals surface area (Å²) in [4.78, 5) is 2.35. The topological polar surface area (TPSA) is 29.3 Å². The summed E-state index contributed by atoms with van der Waals surface area (Å²) < 4.78 is 0. The molecule has 17 heavy (non-hydrogen) atoms. The molecule has 0 atom stereocenters. The van der Waals surface area contributed by atoms with E-state index in [2.05, 4.69) is 56.9 Å². The minimum Gasteiger partial charge on any atom is -0.370 e. The van der Waals surface area contributed by atoms with Crippen LogP contribution in [0.2, 0.25) is 0 Å². The van der Waals surface area contributed by atoms with Gasteiger partial charge in [-0.2, -0.15) is 0 Å². The Morgan fingerprint density at radius 3 is 2.06 bits per heavy atom. The first-order valence-corrected chi connectivity index (χ1v) is 6.54. The third kappa shape index (κ3) is 4.04. The molecule has 0 heterocycles. The van der Waals surface area contributed by atoms with Crippen molar-refractivity contribution in [1.82, 2.24) is 0 Å². The molecule has 0 fully saturated rings. The Labute approximate surface area is 106 Å². The van der Waals surface area contributed by atoms with Gasteiger partial charge < -0.3 is 10.6 Å². The van der Waals surface area contributed by atoms with Crippen LogP contribution in [0.4, 0.5) is 5.69 Å². The van der Waals surface area contributed by atoms with Crippen molar-refractivity contribution in [3.05, 3.63) is 29.8 Å². The molecular formula is C15H26N2. The van der Waals surface area contributed by atoms with Gasteiger partial charge in [0.05, 0.1) is 0 Å². The molecule has 1 rings (SSSR count). The Morgan fingerprint density at radius 2 is 1.65 bits per heavy atom. The van der Waals surface area contributed by atoms with Crippen molar-refractivity contribution < 1.29 is 0 Å². The van der Waals surface area contributed by atoms with E-state index in [1.165, 1.54) is 11.3 Å². The first-order chi connectivity index (χ1) is 7.99. The standard InChI is InChI=1S/C15H26N2/c1-5-11-17(12-10-16)14-8-6-13(7-9-14)15(2,3)4/h6-9H,5,10-12,16H2,1-4H3. The molecule has 0 aliphatic carbocycles. The number of hydrogen-bond donors (Lipinski definition) is 1. The molecule has 2 nitrogen and oxygen atoms in total. The summed E-state index contributed by atoms with van der Waals surface area (Å²) in [6, 6.07) is 8.89. The van der Waals surface area contributed by atoms with Crippen LogP contribution in [0, 0.1) is 0 Å². The summed E-state index contributed by atoms with van der Waals surface area (Å²) in [6.45, 7) is 11.6. The average molecular weight is 234 g/mol. The van der Waals surface area contributed by atoms with Gasteiger partial charge in [-0.1, -0.05) is 39.8 Å². The second-order valence-corrected chi connectivity index (χ2v) is 5.57. The molecule has 2 heteroatoms. The Morgan fingerprint density at radius 1 is 1.06 bits per heavy atom. The molecule has 0 saturated heterocycles. The molecule has 96 valence electrons. The molecular weight excluding hydrogens is 208 g/mol. The molecule has 0 aliphatic rings. The van der Waals surface area contributed by atoms with Crippen LogP contribution in [0.5, 0.6) is 0 Å². The van der Waals surface area contributed by atoms with Gasteiger partial charge in [0.25, 0.3) is 0 Å². The van der Waals surface area contributed by atoms with E-state index in [-0.39, 0.29) is 5.41 Å². The first-order valence-electron chi connectivity index (χ1n) is 6.54. The van der Waals surface area contributed by atoms with Crippen molar-refractivity contribution in [3.8, 4) is 0 Å². The van der Waals surface area contributed by atoms with Gasteiger partial charge in [0.2, 0.25) is 0 Å². The van der Waals surface area contributed by atoms with E-state index in [1.54, 1.807) is 0 Å². The third-order valence-corrected chi connectivity index (χ3v) is 2.99. The van der Waals surface area contributed by atoms with E-state index < -0.39 is 0 Å². The molecule has 1 aromatic rings. The molecule has 1 aromatic carbocycles. The molecule has 0 aromatic heterocycles. The lowest BCUT2D eigenvalue weighted by Gasteiger charge is -2.25. The maximum Gasteiger partial charge on any atom is 0.0366 e. The Kier molecular flexibility index (Phi) is 5.01. The van der Waals surface area contributed by atoms with E-state index >= 15 is 0 Å². The zero-order chi connectivity index (χ0) is 12.9. The van der Waals surface area contributed by atoms with Gasteiger partial charge in [0.1, 0.15) is 0 Å². The molecule has 0 bridgehead atoms. The lowest BCUT2D eigenvalue weighted by Crippen LogP contribution is -2.30. The number of anilines is 1. The molecule has 0 aliphatic heterocycles. The zero-order valence-corrected chi connectivity index (χ0v) is 11.7. The van der Waals surface area contributed by atoms with Gasteiger partial charge in [-0.15, -0.1) is 0 Å². The smallest absolute Gasteiger partial charge is 0.0366 e. The predicted molar refractivity (Wildman–Crippen MR) is 76.7 cm³/mol. The van der Waals surface area contributed by atoms with Gasteiger partial charge >= 0.3 is 0 Å². The normalized spacial score (nSPS) is 11.6. The summed E-state index contributed by atoms with van der Waals surface area (Å²) >= 11 is 0. The first kappa shape index (κ1) is 14.0. The minimum atomic E-state index is 0.224. The number of nitrogens with zero attached hydrogens (tertiary/aromatic N) is 1. The highest BCUT2D eigenvalue weighted by Crippen LogP contribution is 2.24. The van der Waals surface area contributed by atoms with Crippen LogP contribution < -0.4 is 10.6 Å². The van der Waals surface area contributed by atoms with E-state index in [0.29, 0.717) is 6.54 Å². The summed E-state index contributed by atoms with van der Waals surface area (Å²) in [6.07, 6.45) is 1.15. The molecule has 0 saturated carbocycles. The molecule has 0 amide bonds. The fraction of sp³-hybridized carbons (Fsp3) is 0.600. The van der Waals surface area contributed by atoms with Crippen LogP contribution in [0.3, 0.4) is 0 Å². The highest BCUT2D eigenvalue weighted by molar-refractivity contribution is 5.48. The second-order valence-electron chi connectivity index (χ2n) is 5.57. The van der Waals surface area contributed by atoms with Crippen LogP contribution in [0.1, 0.15) is 39.7 Å². The molecule has 0 spiro atoms. The number of hydrogen-bond acceptors (Lipinski definition) is 2. The fourth-order valence-electron chi connectivity index (χ4n) is 1.97. The SMILES string of the molecule is CCCN(CCN)c1ccc(C(C)(C)C)cc1. The maximum absolute atomic E-state index is 5.65. The monoisotopic (exact) mass is 234 g/mol. The second kappa shape index (κ2) is 6.06. The molecule has 2 N–H and O–H groups in total. The van der Waals surface area contributed by atoms with Crippen molar-refractivity contribution in [2.75, 3.05) is 24.5 Å². The number of benzene rings is 1. The van der Waals surface area contributed by atoms with Gasteiger partial charge in [0.15, 0.2) is 0 Å². The molecule has 0 radical (unpaired) electrons. The van der Waals surface area contributed by atoms with Crippen LogP contribution >= 0.6 is 0 Å². The Balaban J connectivity index is 2.84. The van der Waals surface area contributed by atoms with Crippen molar-refractivity contribution in [2.24, 2.45) is 5.73 Å². The molecule has 0 unspecified atom stereocenters. The van der Waals surface area contributed by atoms with E-state index in [9.17, 15) is 0 Å². The zero-order valence-electron chi connectivity index (χ0n) is 11.7. The van der Waals surface area contributed by atoms with E-state index in [0.717, 1.165) is 19.5 Å². The average Bonchev–Trinajstić information content (AvgIpc) is 2.28. The summed E-state index contributed by atoms with van der Waals surface area (Å²) in [5, 5.41) is 0. The van der Waals surface area contributed by atoms with Crippen molar-refractivity contribution in [1.29, 1.82) is 0 Å². The van der Waals surface area contributed by atoms with E-state index in [1.807, 2.05) is 0 Å². The highest BCUT2D eigenvalue weighted by Gasteiger charge is 2.13.